The van der Waals surface area contributed by atoms with Gasteiger partial charge in [0.1, 0.15) is 5.84 Å². The van der Waals surface area contributed by atoms with Crippen molar-refractivity contribution < 1.29 is 9.94 Å². The minimum absolute atomic E-state index is 0.0212. The van der Waals surface area contributed by atoms with Gasteiger partial charge < -0.3 is 21.0 Å². The van der Waals surface area contributed by atoms with E-state index in [-0.39, 0.29) is 11.8 Å². The molecule has 0 saturated carbocycles. The van der Waals surface area contributed by atoms with Crippen LogP contribution in [0.3, 0.4) is 0 Å². The van der Waals surface area contributed by atoms with Crippen LogP contribution < -0.4 is 11.1 Å². The molecule has 0 rings (SSSR count). The lowest BCUT2D eigenvalue weighted by Gasteiger charge is -2.23. The molecule has 0 aliphatic heterocycles. The summed E-state index contributed by atoms with van der Waals surface area (Å²) in [6.45, 7) is 10.3. The molecule has 5 nitrogen and oxygen atoms in total. The first kappa shape index (κ1) is 15.2. The topological polar surface area (TPSA) is 79.9 Å². The second-order valence-electron chi connectivity index (χ2n) is 4.34. The maximum Gasteiger partial charge on any atom is 0.143 e. The average Bonchev–Trinajstić information content (AvgIpc) is 2.27. The van der Waals surface area contributed by atoms with Gasteiger partial charge in [-0.3, -0.25) is 0 Å². The molecule has 0 fully saturated rings. The van der Waals surface area contributed by atoms with E-state index in [0.29, 0.717) is 25.1 Å². The highest BCUT2D eigenvalue weighted by Crippen LogP contribution is 2.03. The van der Waals surface area contributed by atoms with Gasteiger partial charge in [-0.15, -0.1) is 0 Å². The zero-order valence-electron chi connectivity index (χ0n) is 10.7. The highest BCUT2D eigenvalue weighted by atomic mass is 16.5. The van der Waals surface area contributed by atoms with E-state index in [4.69, 9.17) is 15.7 Å². The Morgan fingerprint density at radius 2 is 2.06 bits per heavy atom. The second-order valence-corrected chi connectivity index (χ2v) is 4.34. The van der Waals surface area contributed by atoms with Gasteiger partial charge in [-0.2, -0.15) is 0 Å². The molecule has 2 atom stereocenters. The fraction of sp³-hybridized carbons (Fsp3) is 0.909. The molecule has 5 heteroatoms. The molecule has 0 aliphatic carbocycles. The Bertz CT molecular complexity index is 207. The summed E-state index contributed by atoms with van der Waals surface area (Å²) in [5.41, 5.74) is 5.51. The van der Waals surface area contributed by atoms with Gasteiger partial charge in [0.2, 0.25) is 0 Å². The van der Waals surface area contributed by atoms with Crippen molar-refractivity contribution in [1.29, 1.82) is 0 Å². The van der Waals surface area contributed by atoms with Gasteiger partial charge in [-0.05, 0) is 12.8 Å². The molecular formula is C11H25N3O2. The second kappa shape index (κ2) is 8.35. The molecule has 4 N–H and O–H groups in total. The van der Waals surface area contributed by atoms with Crippen LogP contribution in [0, 0.1) is 11.8 Å². The van der Waals surface area contributed by atoms with E-state index in [1.807, 2.05) is 13.8 Å². The Morgan fingerprint density at radius 1 is 1.44 bits per heavy atom. The Balaban J connectivity index is 4.01. The Labute approximate surface area is 98.0 Å². The van der Waals surface area contributed by atoms with Crippen molar-refractivity contribution in [1.82, 2.24) is 5.32 Å². The SMILES string of the molecule is CCOCC(NCC(C)C(N)=NO)C(C)C. The maximum atomic E-state index is 8.53. The summed E-state index contributed by atoms with van der Waals surface area (Å²) in [6, 6.07) is 0.300. The van der Waals surface area contributed by atoms with Gasteiger partial charge in [-0.25, -0.2) is 0 Å². The third-order valence-electron chi connectivity index (χ3n) is 2.61. The molecule has 0 amide bonds. The number of nitrogens with zero attached hydrogens (tertiary/aromatic N) is 1. The molecule has 0 aromatic heterocycles. The summed E-state index contributed by atoms with van der Waals surface area (Å²) in [6.07, 6.45) is 0. The zero-order valence-corrected chi connectivity index (χ0v) is 10.7. The van der Waals surface area contributed by atoms with Crippen LogP contribution in [0.4, 0.5) is 0 Å². The quantitative estimate of drug-likeness (QED) is 0.252. The van der Waals surface area contributed by atoms with Gasteiger partial charge in [0.05, 0.1) is 6.61 Å². The van der Waals surface area contributed by atoms with Crippen LogP contribution in [0.25, 0.3) is 0 Å². The normalized spacial score (nSPS) is 16.4. The molecule has 0 bridgehead atoms. The van der Waals surface area contributed by atoms with Crippen LogP contribution in [0.15, 0.2) is 5.16 Å². The fourth-order valence-electron chi connectivity index (χ4n) is 1.26. The molecule has 96 valence electrons. The molecule has 0 radical (unpaired) electrons. The predicted octanol–water partition coefficient (Wildman–Crippen LogP) is 1.02. The monoisotopic (exact) mass is 231 g/mol. The van der Waals surface area contributed by atoms with Gasteiger partial charge in [0.25, 0.3) is 0 Å². The van der Waals surface area contributed by atoms with Crippen LogP contribution >= 0.6 is 0 Å². The Hall–Kier alpha value is -0.810. The van der Waals surface area contributed by atoms with Gasteiger partial charge >= 0.3 is 0 Å². The number of oxime groups is 1. The van der Waals surface area contributed by atoms with Crippen molar-refractivity contribution >= 4 is 5.84 Å². The van der Waals surface area contributed by atoms with Crippen molar-refractivity contribution in [2.75, 3.05) is 19.8 Å². The third-order valence-corrected chi connectivity index (χ3v) is 2.61. The molecule has 2 unspecified atom stereocenters. The molecule has 0 aromatic carbocycles. The summed E-state index contributed by atoms with van der Waals surface area (Å²) in [5.74, 6) is 0.769. The summed E-state index contributed by atoms with van der Waals surface area (Å²) >= 11 is 0. The van der Waals surface area contributed by atoms with Crippen LogP contribution in [0.5, 0.6) is 0 Å². The lowest BCUT2D eigenvalue weighted by atomic mass is 10.0. The largest absolute Gasteiger partial charge is 0.409 e. The number of hydrogen-bond donors (Lipinski definition) is 3. The van der Waals surface area contributed by atoms with E-state index < -0.39 is 0 Å². The van der Waals surface area contributed by atoms with Crippen LogP contribution in [-0.2, 0) is 4.74 Å². The van der Waals surface area contributed by atoms with Crippen molar-refractivity contribution in [3.63, 3.8) is 0 Å². The first-order valence-corrected chi connectivity index (χ1v) is 5.81. The van der Waals surface area contributed by atoms with Gasteiger partial charge in [0.15, 0.2) is 0 Å². The standard InChI is InChI=1S/C11H25N3O2/c1-5-16-7-10(8(2)3)13-6-9(4)11(12)14-15/h8-10,13,15H,5-7H2,1-4H3,(H2,12,14). The number of nitrogens with one attached hydrogen (secondary N) is 1. The highest BCUT2D eigenvalue weighted by molar-refractivity contribution is 5.82. The number of rotatable bonds is 8. The van der Waals surface area contributed by atoms with Crippen LogP contribution in [0.2, 0.25) is 0 Å². The summed E-state index contributed by atoms with van der Waals surface area (Å²) in [5, 5.41) is 14.9. The Kier molecular flexibility index (Phi) is 7.93. The van der Waals surface area contributed by atoms with Crippen molar-refractivity contribution in [2.45, 2.75) is 33.7 Å². The van der Waals surface area contributed by atoms with E-state index in [1.165, 1.54) is 0 Å². The lowest BCUT2D eigenvalue weighted by molar-refractivity contribution is 0.108. The molecule has 0 saturated heterocycles. The minimum Gasteiger partial charge on any atom is -0.409 e. The van der Waals surface area contributed by atoms with Crippen LogP contribution in [-0.4, -0.2) is 36.8 Å². The van der Waals surface area contributed by atoms with Gasteiger partial charge in [0, 0.05) is 25.1 Å². The lowest BCUT2D eigenvalue weighted by Crippen LogP contribution is -2.42. The zero-order chi connectivity index (χ0) is 12.6. The number of amidine groups is 1. The minimum atomic E-state index is 0.0212. The molecule has 0 aliphatic rings. The van der Waals surface area contributed by atoms with E-state index in [0.717, 1.165) is 6.61 Å². The molecular weight excluding hydrogens is 206 g/mol. The number of hydrogen-bond acceptors (Lipinski definition) is 4. The van der Waals surface area contributed by atoms with Gasteiger partial charge in [-0.1, -0.05) is 25.9 Å². The molecule has 16 heavy (non-hydrogen) atoms. The first-order chi connectivity index (χ1) is 7.52. The van der Waals surface area contributed by atoms with E-state index in [2.05, 4.69) is 24.3 Å². The summed E-state index contributed by atoms with van der Waals surface area (Å²) in [4.78, 5) is 0. The maximum absolute atomic E-state index is 8.53. The van der Waals surface area contributed by atoms with Crippen molar-refractivity contribution in [3.05, 3.63) is 0 Å². The first-order valence-electron chi connectivity index (χ1n) is 5.81. The molecule has 0 spiro atoms. The van der Waals surface area contributed by atoms with E-state index in [9.17, 15) is 0 Å². The van der Waals surface area contributed by atoms with Crippen molar-refractivity contribution in [3.8, 4) is 0 Å². The molecule has 0 heterocycles. The van der Waals surface area contributed by atoms with Crippen LogP contribution in [0.1, 0.15) is 27.7 Å². The number of nitrogens with two attached hydrogens (primary N) is 1. The summed E-state index contributed by atoms with van der Waals surface area (Å²) < 4.78 is 5.40. The third kappa shape index (κ3) is 5.92. The number of ether oxygens (including phenoxy) is 1. The van der Waals surface area contributed by atoms with E-state index >= 15 is 0 Å². The average molecular weight is 231 g/mol. The van der Waals surface area contributed by atoms with Crippen molar-refractivity contribution in [2.24, 2.45) is 22.7 Å². The fourth-order valence-corrected chi connectivity index (χ4v) is 1.26. The summed E-state index contributed by atoms with van der Waals surface area (Å²) in [7, 11) is 0. The Morgan fingerprint density at radius 3 is 2.50 bits per heavy atom. The highest BCUT2D eigenvalue weighted by Gasteiger charge is 2.15. The molecule has 0 aromatic rings. The predicted molar refractivity (Wildman–Crippen MR) is 65.7 cm³/mol. The smallest absolute Gasteiger partial charge is 0.143 e. The van der Waals surface area contributed by atoms with E-state index in [1.54, 1.807) is 0 Å².